The van der Waals surface area contributed by atoms with Crippen LogP contribution in [0.2, 0.25) is 0 Å². The molecule has 1 heterocycles. The number of H-pyrrole nitrogens is 1. The standard InChI is InChI=1S/C21H18F2N2O3/c1-28-21(27)19(11-14-12-24-18-5-3-2-4-16(14)18)25-20(26)9-6-13-10-15(22)7-8-17(13)23/h2-10,12,19,24H,11H2,1H3,(H,25,26)/t19-/m0/s1. The number of benzene rings is 2. The molecule has 0 radical (unpaired) electrons. The van der Waals surface area contributed by atoms with Gasteiger partial charge in [0, 0.05) is 35.2 Å². The molecular formula is C21H18F2N2O3. The van der Waals surface area contributed by atoms with E-state index in [9.17, 15) is 18.4 Å². The van der Waals surface area contributed by atoms with Crippen molar-refractivity contribution >= 4 is 28.9 Å². The van der Waals surface area contributed by atoms with E-state index in [1.54, 1.807) is 6.20 Å². The predicted molar refractivity (Wildman–Crippen MR) is 101 cm³/mol. The van der Waals surface area contributed by atoms with Gasteiger partial charge in [-0.05, 0) is 35.9 Å². The van der Waals surface area contributed by atoms with E-state index < -0.39 is 29.6 Å². The van der Waals surface area contributed by atoms with Gasteiger partial charge < -0.3 is 15.0 Å². The number of hydrogen-bond acceptors (Lipinski definition) is 3. The number of carbonyl (C=O) groups is 2. The highest BCUT2D eigenvalue weighted by Gasteiger charge is 2.22. The van der Waals surface area contributed by atoms with Gasteiger partial charge >= 0.3 is 5.97 Å². The van der Waals surface area contributed by atoms with Crippen molar-refractivity contribution in [2.24, 2.45) is 0 Å². The van der Waals surface area contributed by atoms with Crippen LogP contribution in [0.25, 0.3) is 17.0 Å². The van der Waals surface area contributed by atoms with E-state index >= 15 is 0 Å². The summed E-state index contributed by atoms with van der Waals surface area (Å²) in [5.74, 6) is -2.51. The van der Waals surface area contributed by atoms with E-state index in [0.717, 1.165) is 46.8 Å². The molecule has 1 aromatic heterocycles. The Hall–Kier alpha value is -3.48. The van der Waals surface area contributed by atoms with Crippen molar-refractivity contribution in [3.8, 4) is 0 Å². The molecule has 3 rings (SSSR count). The highest BCUT2D eigenvalue weighted by Crippen LogP contribution is 2.19. The van der Waals surface area contributed by atoms with E-state index in [1.807, 2.05) is 24.3 Å². The van der Waals surface area contributed by atoms with Crippen LogP contribution in [0.5, 0.6) is 0 Å². The maximum Gasteiger partial charge on any atom is 0.328 e. The van der Waals surface area contributed by atoms with E-state index in [0.29, 0.717) is 0 Å². The number of aromatic nitrogens is 1. The van der Waals surface area contributed by atoms with Gasteiger partial charge in [-0.15, -0.1) is 0 Å². The number of hydrogen-bond donors (Lipinski definition) is 2. The summed E-state index contributed by atoms with van der Waals surface area (Å²) >= 11 is 0. The lowest BCUT2D eigenvalue weighted by atomic mass is 10.0. The maximum atomic E-state index is 13.6. The van der Waals surface area contributed by atoms with Crippen LogP contribution >= 0.6 is 0 Å². The van der Waals surface area contributed by atoms with Crippen LogP contribution in [0.15, 0.2) is 54.7 Å². The van der Waals surface area contributed by atoms with Gasteiger partial charge in [0.1, 0.15) is 17.7 Å². The monoisotopic (exact) mass is 384 g/mol. The lowest BCUT2D eigenvalue weighted by molar-refractivity contribution is -0.144. The van der Waals surface area contributed by atoms with Crippen LogP contribution in [-0.4, -0.2) is 30.0 Å². The third-order valence-corrected chi connectivity index (χ3v) is 4.27. The van der Waals surface area contributed by atoms with Gasteiger partial charge in [0.25, 0.3) is 0 Å². The normalized spacial score (nSPS) is 12.2. The number of ether oxygens (including phenoxy) is 1. The number of aromatic amines is 1. The molecule has 1 amide bonds. The van der Waals surface area contributed by atoms with Gasteiger partial charge in [0.15, 0.2) is 0 Å². The molecule has 144 valence electrons. The summed E-state index contributed by atoms with van der Waals surface area (Å²) < 4.78 is 31.6. The SMILES string of the molecule is COC(=O)[C@H](Cc1c[nH]c2ccccc12)NC(=O)C=Cc1cc(F)ccc1F. The zero-order valence-electron chi connectivity index (χ0n) is 15.0. The Morgan fingerprint density at radius 2 is 2.00 bits per heavy atom. The molecule has 28 heavy (non-hydrogen) atoms. The van der Waals surface area contributed by atoms with Gasteiger partial charge in [0.2, 0.25) is 5.91 Å². The minimum atomic E-state index is -0.932. The highest BCUT2D eigenvalue weighted by molar-refractivity contribution is 5.95. The minimum Gasteiger partial charge on any atom is -0.467 e. The van der Waals surface area contributed by atoms with E-state index in [-0.39, 0.29) is 12.0 Å². The lowest BCUT2D eigenvalue weighted by Crippen LogP contribution is -2.42. The fourth-order valence-corrected chi connectivity index (χ4v) is 2.88. The molecule has 2 aromatic carbocycles. The zero-order chi connectivity index (χ0) is 20.1. The maximum absolute atomic E-state index is 13.6. The second-order valence-corrected chi connectivity index (χ2v) is 6.15. The number of halogens is 2. The van der Waals surface area contributed by atoms with Gasteiger partial charge in [-0.3, -0.25) is 4.79 Å². The molecule has 0 aliphatic rings. The second kappa shape index (κ2) is 8.47. The molecule has 0 aliphatic heterocycles. The molecule has 1 atom stereocenters. The molecule has 0 saturated heterocycles. The van der Waals surface area contributed by atoms with Crippen LogP contribution in [0.3, 0.4) is 0 Å². The minimum absolute atomic E-state index is 0.0682. The molecule has 0 bridgehead atoms. The quantitative estimate of drug-likeness (QED) is 0.506. The molecular weight excluding hydrogens is 366 g/mol. The Morgan fingerprint density at radius 3 is 2.79 bits per heavy atom. The Bertz CT molecular complexity index is 1040. The molecule has 2 N–H and O–H groups in total. The number of carbonyl (C=O) groups excluding carboxylic acids is 2. The summed E-state index contributed by atoms with van der Waals surface area (Å²) in [5, 5.41) is 3.48. The molecule has 0 spiro atoms. The Balaban J connectivity index is 1.75. The molecule has 5 nitrogen and oxygen atoms in total. The van der Waals surface area contributed by atoms with E-state index in [1.165, 1.54) is 7.11 Å². The first kappa shape index (κ1) is 19.3. The van der Waals surface area contributed by atoms with E-state index in [2.05, 4.69) is 10.3 Å². The van der Waals surface area contributed by atoms with Crippen LogP contribution < -0.4 is 5.32 Å². The van der Waals surface area contributed by atoms with Crippen molar-refractivity contribution in [3.63, 3.8) is 0 Å². The molecule has 0 aliphatic carbocycles. The molecule has 0 unspecified atom stereocenters. The molecule has 0 fully saturated rings. The Labute approximate surface area is 160 Å². The number of amides is 1. The van der Waals surface area contributed by atoms with Gasteiger partial charge in [-0.2, -0.15) is 0 Å². The second-order valence-electron chi connectivity index (χ2n) is 6.15. The summed E-state index contributed by atoms with van der Waals surface area (Å²) in [6, 6.07) is 9.58. The third kappa shape index (κ3) is 4.43. The number of fused-ring (bicyclic) bond motifs is 1. The molecule has 0 saturated carbocycles. The van der Waals surface area contributed by atoms with E-state index in [4.69, 9.17) is 4.74 Å². The van der Waals surface area contributed by atoms with Crippen molar-refractivity contribution in [2.75, 3.05) is 7.11 Å². The summed E-state index contributed by atoms with van der Waals surface area (Å²) in [6.07, 6.45) is 4.17. The van der Waals surface area contributed by atoms with Crippen LogP contribution in [0.1, 0.15) is 11.1 Å². The summed E-state index contributed by atoms with van der Waals surface area (Å²) in [7, 11) is 1.23. The van der Waals surface area contributed by atoms with Gasteiger partial charge in [-0.25, -0.2) is 13.6 Å². The summed E-state index contributed by atoms with van der Waals surface area (Å²) in [4.78, 5) is 27.4. The lowest BCUT2D eigenvalue weighted by Gasteiger charge is -2.15. The van der Waals surface area contributed by atoms with Crippen molar-refractivity contribution < 1.29 is 23.1 Å². The Kier molecular flexibility index (Phi) is 5.84. The van der Waals surface area contributed by atoms with Crippen molar-refractivity contribution in [3.05, 3.63) is 77.5 Å². The average Bonchev–Trinajstić information content (AvgIpc) is 3.10. The fraction of sp³-hybridized carbons (Fsp3) is 0.143. The predicted octanol–water partition coefficient (Wildman–Crippen LogP) is 3.36. The molecule has 7 heteroatoms. The van der Waals surface area contributed by atoms with Crippen LogP contribution in [-0.2, 0) is 20.7 Å². The van der Waals surface area contributed by atoms with Crippen molar-refractivity contribution in [1.82, 2.24) is 10.3 Å². The van der Waals surface area contributed by atoms with Crippen LogP contribution in [0, 0.1) is 11.6 Å². The number of rotatable bonds is 6. The average molecular weight is 384 g/mol. The largest absolute Gasteiger partial charge is 0.467 e. The highest BCUT2D eigenvalue weighted by atomic mass is 19.1. The Morgan fingerprint density at radius 1 is 1.21 bits per heavy atom. The topological polar surface area (TPSA) is 71.2 Å². The summed E-state index contributed by atoms with van der Waals surface area (Å²) in [6.45, 7) is 0. The number of nitrogens with one attached hydrogen (secondary N) is 2. The van der Waals surface area contributed by atoms with Crippen molar-refractivity contribution in [2.45, 2.75) is 12.5 Å². The smallest absolute Gasteiger partial charge is 0.328 e. The fourth-order valence-electron chi connectivity index (χ4n) is 2.88. The first-order valence-electron chi connectivity index (χ1n) is 8.54. The van der Waals surface area contributed by atoms with Gasteiger partial charge in [0.05, 0.1) is 7.11 Å². The first-order chi connectivity index (χ1) is 13.5. The number of para-hydroxylation sites is 1. The number of methoxy groups -OCH3 is 1. The third-order valence-electron chi connectivity index (χ3n) is 4.27. The van der Waals surface area contributed by atoms with Crippen LogP contribution in [0.4, 0.5) is 8.78 Å². The first-order valence-corrected chi connectivity index (χ1v) is 8.54. The molecule has 3 aromatic rings. The van der Waals surface area contributed by atoms with Crippen molar-refractivity contribution in [1.29, 1.82) is 0 Å². The van der Waals surface area contributed by atoms with Gasteiger partial charge in [-0.1, -0.05) is 18.2 Å². The zero-order valence-corrected chi connectivity index (χ0v) is 15.0. The summed E-state index contributed by atoms with van der Waals surface area (Å²) in [5.41, 5.74) is 1.68. The number of esters is 1.